The van der Waals surface area contributed by atoms with E-state index in [2.05, 4.69) is 21.4 Å². The van der Waals surface area contributed by atoms with Crippen LogP contribution in [0.25, 0.3) is 0 Å². The molecule has 0 spiro atoms. The molecule has 3 nitrogen and oxygen atoms in total. The molecule has 0 aliphatic carbocycles. The van der Waals surface area contributed by atoms with Crippen molar-refractivity contribution in [1.29, 1.82) is 0 Å². The van der Waals surface area contributed by atoms with Crippen molar-refractivity contribution in [2.24, 2.45) is 0 Å². The largest absolute Gasteiger partial charge is 0.337 e. The average Bonchev–Trinajstić information content (AvgIpc) is 2.19. The van der Waals surface area contributed by atoms with Crippen molar-refractivity contribution in [1.82, 2.24) is 9.97 Å². The van der Waals surface area contributed by atoms with Crippen LogP contribution in [0.4, 0.5) is 5.95 Å². The van der Waals surface area contributed by atoms with Crippen LogP contribution in [0.2, 0.25) is 0 Å². The summed E-state index contributed by atoms with van der Waals surface area (Å²) >= 11 is 0. The first-order valence-corrected chi connectivity index (χ1v) is 4.55. The van der Waals surface area contributed by atoms with E-state index in [1.54, 1.807) is 12.4 Å². The summed E-state index contributed by atoms with van der Waals surface area (Å²) in [5.74, 6) is 0.823. The maximum atomic E-state index is 4.21. The second kappa shape index (κ2) is 3.56. The lowest BCUT2D eigenvalue weighted by atomic mass is 10.1. The Kier molecular flexibility index (Phi) is 2.25. The van der Waals surface area contributed by atoms with E-state index in [9.17, 15) is 0 Å². The van der Waals surface area contributed by atoms with Gasteiger partial charge >= 0.3 is 0 Å². The van der Waals surface area contributed by atoms with Crippen molar-refractivity contribution in [3.63, 3.8) is 0 Å². The van der Waals surface area contributed by atoms with Gasteiger partial charge in [-0.1, -0.05) is 12.2 Å². The first kappa shape index (κ1) is 8.23. The van der Waals surface area contributed by atoms with Crippen molar-refractivity contribution in [2.75, 3.05) is 18.0 Å². The van der Waals surface area contributed by atoms with Gasteiger partial charge in [-0.15, -0.1) is 0 Å². The number of hydrogen-bond donors (Lipinski definition) is 0. The van der Waals surface area contributed by atoms with E-state index < -0.39 is 0 Å². The Labute approximate surface area is 78.1 Å². The fourth-order valence-electron chi connectivity index (χ4n) is 1.57. The molecule has 2 heterocycles. The Bertz CT molecular complexity index is 294. The van der Waals surface area contributed by atoms with Crippen molar-refractivity contribution in [3.8, 4) is 0 Å². The van der Waals surface area contributed by atoms with E-state index in [0.717, 1.165) is 31.9 Å². The van der Waals surface area contributed by atoms with Crippen molar-refractivity contribution >= 4 is 5.95 Å². The number of rotatable bonds is 1. The summed E-state index contributed by atoms with van der Waals surface area (Å²) < 4.78 is 0. The molecule has 0 atom stereocenters. The van der Waals surface area contributed by atoms with Crippen LogP contribution in [-0.2, 0) is 0 Å². The molecular weight excluding hydrogens is 162 g/mol. The summed E-state index contributed by atoms with van der Waals surface area (Å²) in [4.78, 5) is 10.6. The van der Waals surface area contributed by atoms with Crippen LogP contribution in [-0.4, -0.2) is 23.1 Å². The summed E-state index contributed by atoms with van der Waals surface area (Å²) in [6.07, 6.45) is 5.86. The van der Waals surface area contributed by atoms with Gasteiger partial charge in [-0.05, 0) is 18.9 Å². The fourth-order valence-corrected chi connectivity index (χ4v) is 1.57. The van der Waals surface area contributed by atoms with E-state index in [-0.39, 0.29) is 0 Å². The quantitative estimate of drug-likeness (QED) is 0.607. The molecule has 13 heavy (non-hydrogen) atoms. The number of hydrogen-bond acceptors (Lipinski definition) is 3. The van der Waals surface area contributed by atoms with Gasteiger partial charge in [0.25, 0.3) is 0 Å². The zero-order valence-electron chi connectivity index (χ0n) is 7.61. The molecule has 1 aliphatic rings. The van der Waals surface area contributed by atoms with Crippen LogP contribution in [0.1, 0.15) is 12.8 Å². The molecule has 0 bridgehead atoms. The molecule has 1 fully saturated rings. The molecule has 0 amide bonds. The molecule has 0 unspecified atom stereocenters. The summed E-state index contributed by atoms with van der Waals surface area (Å²) in [5, 5.41) is 0. The Morgan fingerprint density at radius 3 is 2.77 bits per heavy atom. The highest BCUT2D eigenvalue weighted by atomic mass is 15.2. The predicted octanol–water partition coefficient (Wildman–Crippen LogP) is 1.63. The number of anilines is 1. The third-order valence-electron chi connectivity index (χ3n) is 2.21. The van der Waals surface area contributed by atoms with E-state index in [4.69, 9.17) is 0 Å². The minimum absolute atomic E-state index is 0.823. The van der Waals surface area contributed by atoms with Crippen LogP contribution in [0.5, 0.6) is 0 Å². The van der Waals surface area contributed by atoms with Gasteiger partial charge in [0.05, 0.1) is 0 Å². The van der Waals surface area contributed by atoms with E-state index in [1.165, 1.54) is 5.57 Å². The average molecular weight is 175 g/mol. The van der Waals surface area contributed by atoms with E-state index in [1.807, 2.05) is 6.07 Å². The maximum Gasteiger partial charge on any atom is 0.225 e. The predicted molar refractivity (Wildman–Crippen MR) is 52.6 cm³/mol. The molecule has 1 aromatic rings. The SMILES string of the molecule is C=C1CCCN(c2ncccn2)C1. The van der Waals surface area contributed by atoms with Crippen molar-refractivity contribution in [3.05, 3.63) is 30.6 Å². The lowest BCUT2D eigenvalue weighted by molar-refractivity contribution is 0.664. The Morgan fingerprint density at radius 2 is 2.08 bits per heavy atom. The normalized spacial score (nSPS) is 17.5. The Balaban J connectivity index is 2.13. The molecular formula is C10H13N3. The molecule has 3 heteroatoms. The van der Waals surface area contributed by atoms with Crippen molar-refractivity contribution in [2.45, 2.75) is 12.8 Å². The Morgan fingerprint density at radius 1 is 1.31 bits per heavy atom. The Hall–Kier alpha value is -1.38. The van der Waals surface area contributed by atoms with Crippen LogP contribution in [0, 0.1) is 0 Å². The van der Waals surface area contributed by atoms with Crippen LogP contribution < -0.4 is 4.90 Å². The van der Waals surface area contributed by atoms with Gasteiger partial charge in [0.15, 0.2) is 0 Å². The van der Waals surface area contributed by atoms with Gasteiger partial charge in [-0.25, -0.2) is 9.97 Å². The lowest BCUT2D eigenvalue weighted by Gasteiger charge is -2.27. The van der Waals surface area contributed by atoms with E-state index >= 15 is 0 Å². The first-order chi connectivity index (χ1) is 6.36. The van der Waals surface area contributed by atoms with Gasteiger partial charge in [-0.3, -0.25) is 0 Å². The molecule has 0 N–H and O–H groups in total. The third kappa shape index (κ3) is 1.86. The van der Waals surface area contributed by atoms with Gasteiger partial charge in [0.2, 0.25) is 5.95 Å². The molecule has 1 aliphatic heterocycles. The van der Waals surface area contributed by atoms with Crippen LogP contribution in [0.3, 0.4) is 0 Å². The minimum atomic E-state index is 0.823. The van der Waals surface area contributed by atoms with Crippen LogP contribution >= 0.6 is 0 Å². The highest BCUT2D eigenvalue weighted by Gasteiger charge is 2.14. The molecule has 1 saturated heterocycles. The molecule has 68 valence electrons. The highest BCUT2D eigenvalue weighted by Crippen LogP contribution is 2.17. The second-order valence-electron chi connectivity index (χ2n) is 3.32. The lowest BCUT2D eigenvalue weighted by Crippen LogP contribution is -2.32. The number of nitrogens with zero attached hydrogens (tertiary/aromatic N) is 3. The third-order valence-corrected chi connectivity index (χ3v) is 2.21. The number of piperidine rings is 1. The van der Waals surface area contributed by atoms with Gasteiger partial charge < -0.3 is 4.90 Å². The first-order valence-electron chi connectivity index (χ1n) is 4.55. The molecule has 0 aromatic carbocycles. The monoisotopic (exact) mass is 175 g/mol. The van der Waals surface area contributed by atoms with Gasteiger partial charge in [0.1, 0.15) is 0 Å². The summed E-state index contributed by atoms with van der Waals surface area (Å²) in [7, 11) is 0. The fraction of sp³-hybridized carbons (Fsp3) is 0.400. The standard InChI is InChI=1S/C10H13N3/c1-9-4-2-7-13(8-9)10-11-5-3-6-12-10/h3,5-6H,1-2,4,7-8H2. The number of aromatic nitrogens is 2. The zero-order valence-corrected chi connectivity index (χ0v) is 7.61. The molecule has 0 saturated carbocycles. The van der Waals surface area contributed by atoms with Crippen molar-refractivity contribution < 1.29 is 0 Å². The summed E-state index contributed by atoms with van der Waals surface area (Å²) in [6.45, 7) is 5.94. The molecule has 0 radical (unpaired) electrons. The van der Waals surface area contributed by atoms with Gasteiger partial charge in [-0.2, -0.15) is 0 Å². The van der Waals surface area contributed by atoms with Gasteiger partial charge in [0, 0.05) is 25.5 Å². The summed E-state index contributed by atoms with van der Waals surface area (Å²) in [5.41, 5.74) is 1.28. The summed E-state index contributed by atoms with van der Waals surface area (Å²) in [6, 6.07) is 1.84. The minimum Gasteiger partial charge on any atom is -0.337 e. The molecule has 2 rings (SSSR count). The molecule has 1 aromatic heterocycles. The smallest absolute Gasteiger partial charge is 0.225 e. The second-order valence-corrected chi connectivity index (χ2v) is 3.32. The van der Waals surface area contributed by atoms with Crippen LogP contribution in [0.15, 0.2) is 30.6 Å². The zero-order chi connectivity index (χ0) is 9.10. The topological polar surface area (TPSA) is 29.0 Å². The van der Waals surface area contributed by atoms with E-state index in [0.29, 0.717) is 0 Å². The maximum absolute atomic E-state index is 4.21. The highest BCUT2D eigenvalue weighted by molar-refractivity contribution is 5.32.